The van der Waals surface area contributed by atoms with Gasteiger partial charge in [-0.3, -0.25) is 4.79 Å². The fourth-order valence-corrected chi connectivity index (χ4v) is 2.51. The van der Waals surface area contributed by atoms with E-state index < -0.39 is 5.54 Å². The van der Waals surface area contributed by atoms with Gasteiger partial charge in [0.25, 0.3) is 0 Å². The number of nitrogens with two attached hydrogens (primary N) is 1. The van der Waals surface area contributed by atoms with Gasteiger partial charge in [-0.15, -0.1) is 0 Å². The molecule has 106 valence electrons. The van der Waals surface area contributed by atoms with Crippen LogP contribution in [-0.2, 0) is 4.79 Å². The maximum Gasteiger partial charge on any atom is 0.242 e. The number of amides is 1. The van der Waals surface area contributed by atoms with E-state index in [-0.39, 0.29) is 5.91 Å². The number of nitrogens with zero attached hydrogens (tertiary/aromatic N) is 2. The summed E-state index contributed by atoms with van der Waals surface area (Å²) < 4.78 is 0. The first-order valence-electron chi connectivity index (χ1n) is 7.09. The molecule has 1 atom stereocenters. The van der Waals surface area contributed by atoms with Gasteiger partial charge in [0.15, 0.2) is 0 Å². The second-order valence-corrected chi connectivity index (χ2v) is 6.05. The highest BCUT2D eigenvalue weighted by Gasteiger charge is 2.34. The zero-order chi connectivity index (χ0) is 13.9. The lowest BCUT2D eigenvalue weighted by Gasteiger charge is -2.40. The Morgan fingerprint density at radius 2 is 1.94 bits per heavy atom. The zero-order valence-corrected chi connectivity index (χ0v) is 12.6. The molecule has 1 aliphatic rings. The van der Waals surface area contributed by atoms with Crippen molar-refractivity contribution in [1.82, 2.24) is 9.80 Å². The van der Waals surface area contributed by atoms with Crippen molar-refractivity contribution in [2.75, 3.05) is 20.1 Å². The molecular formula is C14H29N3O. The summed E-state index contributed by atoms with van der Waals surface area (Å²) in [6, 6.07) is 0.948. The fourth-order valence-electron chi connectivity index (χ4n) is 2.51. The average molecular weight is 255 g/mol. The van der Waals surface area contributed by atoms with Crippen LogP contribution in [0.5, 0.6) is 0 Å². The van der Waals surface area contributed by atoms with E-state index in [1.54, 1.807) is 0 Å². The van der Waals surface area contributed by atoms with E-state index in [1.807, 2.05) is 25.8 Å². The number of carbonyl (C=O) groups is 1. The van der Waals surface area contributed by atoms with Crippen LogP contribution in [-0.4, -0.2) is 53.5 Å². The second-order valence-electron chi connectivity index (χ2n) is 6.05. The minimum atomic E-state index is -0.718. The molecule has 1 fully saturated rings. The number of rotatable bonds is 4. The Kier molecular flexibility index (Phi) is 5.17. The molecule has 1 rings (SSSR count). The van der Waals surface area contributed by atoms with Gasteiger partial charge in [0.05, 0.1) is 5.54 Å². The van der Waals surface area contributed by atoms with Crippen LogP contribution in [0.15, 0.2) is 0 Å². The van der Waals surface area contributed by atoms with Crippen molar-refractivity contribution in [2.45, 2.75) is 64.6 Å². The highest BCUT2D eigenvalue weighted by atomic mass is 16.2. The molecule has 4 nitrogen and oxygen atoms in total. The summed E-state index contributed by atoms with van der Waals surface area (Å²) in [5.74, 6) is 0.0768. The molecule has 0 saturated carbocycles. The van der Waals surface area contributed by atoms with Crippen LogP contribution in [0.3, 0.4) is 0 Å². The Morgan fingerprint density at radius 1 is 1.44 bits per heavy atom. The van der Waals surface area contributed by atoms with Crippen molar-refractivity contribution in [3.05, 3.63) is 0 Å². The Bertz CT molecular complexity index is 281. The molecule has 0 aromatic rings. The van der Waals surface area contributed by atoms with Crippen LogP contribution in [0, 0.1) is 0 Å². The summed E-state index contributed by atoms with van der Waals surface area (Å²) in [6.07, 6.45) is 2.79. The van der Waals surface area contributed by atoms with Gasteiger partial charge in [-0.25, -0.2) is 0 Å². The van der Waals surface area contributed by atoms with Crippen molar-refractivity contribution in [1.29, 1.82) is 0 Å². The second kappa shape index (κ2) is 6.02. The molecule has 0 spiro atoms. The topological polar surface area (TPSA) is 49.6 Å². The van der Waals surface area contributed by atoms with Gasteiger partial charge in [0.1, 0.15) is 0 Å². The molecule has 1 saturated heterocycles. The molecule has 0 radical (unpaired) electrons. The lowest BCUT2D eigenvalue weighted by atomic mass is 9.95. The van der Waals surface area contributed by atoms with Gasteiger partial charge in [-0.05, 0) is 40.0 Å². The summed E-state index contributed by atoms with van der Waals surface area (Å²) >= 11 is 0. The monoisotopic (exact) mass is 255 g/mol. The van der Waals surface area contributed by atoms with Gasteiger partial charge >= 0.3 is 0 Å². The largest absolute Gasteiger partial charge is 0.341 e. The number of likely N-dealkylation sites (tertiary alicyclic amines) is 1. The highest BCUT2D eigenvalue weighted by molar-refractivity contribution is 5.85. The Balaban J connectivity index is 2.55. The Morgan fingerprint density at radius 3 is 2.33 bits per heavy atom. The van der Waals surface area contributed by atoms with Crippen molar-refractivity contribution in [3.63, 3.8) is 0 Å². The quantitative estimate of drug-likeness (QED) is 0.827. The van der Waals surface area contributed by atoms with Crippen molar-refractivity contribution in [2.24, 2.45) is 5.73 Å². The van der Waals surface area contributed by atoms with Crippen LogP contribution in [0.4, 0.5) is 0 Å². The molecule has 1 unspecified atom stereocenters. The molecule has 0 aromatic heterocycles. The maximum atomic E-state index is 12.3. The molecule has 0 aliphatic carbocycles. The number of likely N-dealkylation sites (N-methyl/N-ethyl adjacent to an activating group) is 1. The Labute approximate surface area is 111 Å². The minimum Gasteiger partial charge on any atom is -0.341 e. The third-order valence-electron chi connectivity index (χ3n) is 4.32. The van der Waals surface area contributed by atoms with Gasteiger partial charge in [-0.2, -0.15) is 0 Å². The number of carbonyl (C=O) groups excluding carboxylic acids is 1. The maximum absolute atomic E-state index is 12.3. The first-order valence-corrected chi connectivity index (χ1v) is 7.09. The molecular weight excluding hydrogens is 226 g/mol. The molecule has 18 heavy (non-hydrogen) atoms. The third-order valence-corrected chi connectivity index (χ3v) is 4.32. The van der Waals surface area contributed by atoms with Crippen LogP contribution in [0.25, 0.3) is 0 Å². The summed E-state index contributed by atoms with van der Waals surface area (Å²) in [6.45, 7) is 10.4. The van der Waals surface area contributed by atoms with Gasteiger partial charge in [-0.1, -0.05) is 6.92 Å². The van der Waals surface area contributed by atoms with E-state index in [9.17, 15) is 4.79 Å². The smallest absolute Gasteiger partial charge is 0.242 e. The van der Waals surface area contributed by atoms with E-state index in [1.165, 1.54) is 0 Å². The SMILES string of the molecule is CCC(C)(N)C(=O)N(C)C1CCN(C(C)C)CC1. The summed E-state index contributed by atoms with van der Waals surface area (Å²) in [5.41, 5.74) is 5.32. The van der Waals surface area contributed by atoms with E-state index in [2.05, 4.69) is 18.7 Å². The van der Waals surface area contributed by atoms with Crippen molar-refractivity contribution >= 4 is 5.91 Å². The first kappa shape index (κ1) is 15.4. The fraction of sp³-hybridized carbons (Fsp3) is 0.929. The van der Waals surface area contributed by atoms with Crippen molar-refractivity contribution < 1.29 is 4.79 Å². The standard InChI is InChI=1S/C14H29N3O/c1-6-14(4,15)13(18)16(5)12-7-9-17(10-8-12)11(2)3/h11-12H,6-10,15H2,1-5H3. The number of hydrogen-bond acceptors (Lipinski definition) is 3. The summed E-state index contributed by atoms with van der Waals surface area (Å²) in [5, 5.41) is 0. The normalized spacial score (nSPS) is 21.9. The van der Waals surface area contributed by atoms with Crippen LogP contribution in [0.1, 0.15) is 47.0 Å². The molecule has 4 heteroatoms. The molecule has 2 N–H and O–H groups in total. The minimum absolute atomic E-state index is 0.0768. The number of hydrogen-bond donors (Lipinski definition) is 1. The first-order chi connectivity index (χ1) is 8.29. The number of piperidine rings is 1. The van der Waals surface area contributed by atoms with Crippen LogP contribution in [0.2, 0.25) is 0 Å². The lowest BCUT2D eigenvalue weighted by molar-refractivity contribution is -0.138. The third kappa shape index (κ3) is 3.45. The van der Waals surface area contributed by atoms with Crippen molar-refractivity contribution in [3.8, 4) is 0 Å². The van der Waals surface area contributed by atoms with E-state index in [4.69, 9.17) is 5.73 Å². The molecule has 1 amide bonds. The highest BCUT2D eigenvalue weighted by Crippen LogP contribution is 2.20. The lowest BCUT2D eigenvalue weighted by Crippen LogP contribution is -2.56. The predicted octanol–water partition coefficient (Wildman–Crippen LogP) is 1.45. The molecule has 1 heterocycles. The predicted molar refractivity (Wildman–Crippen MR) is 75.4 cm³/mol. The molecule has 0 aromatic carbocycles. The summed E-state index contributed by atoms with van der Waals surface area (Å²) in [7, 11) is 1.90. The van der Waals surface area contributed by atoms with E-state index in [0.717, 1.165) is 25.9 Å². The molecule has 1 aliphatic heterocycles. The molecule has 0 bridgehead atoms. The van der Waals surface area contributed by atoms with Crippen LogP contribution < -0.4 is 5.73 Å². The summed E-state index contributed by atoms with van der Waals surface area (Å²) in [4.78, 5) is 16.6. The van der Waals surface area contributed by atoms with Gasteiger partial charge in [0, 0.05) is 32.2 Å². The van der Waals surface area contributed by atoms with E-state index >= 15 is 0 Å². The van der Waals surface area contributed by atoms with Crippen LogP contribution >= 0.6 is 0 Å². The average Bonchev–Trinajstić information content (AvgIpc) is 2.37. The van der Waals surface area contributed by atoms with Gasteiger partial charge in [0.2, 0.25) is 5.91 Å². The Hall–Kier alpha value is -0.610. The van der Waals surface area contributed by atoms with E-state index in [0.29, 0.717) is 18.5 Å². The zero-order valence-electron chi connectivity index (χ0n) is 12.6. The van der Waals surface area contributed by atoms with Gasteiger partial charge < -0.3 is 15.5 Å².